The van der Waals surface area contributed by atoms with Gasteiger partial charge in [0.05, 0.1) is 11.0 Å². The van der Waals surface area contributed by atoms with Crippen molar-refractivity contribution < 1.29 is 0 Å². The zero-order chi connectivity index (χ0) is 38.9. The lowest BCUT2D eigenvalue weighted by atomic mass is 9.95. The van der Waals surface area contributed by atoms with E-state index in [1.54, 1.807) is 0 Å². The number of amidine groups is 1. The standard InChI is InChI=1S/C53H40N6/c1-4-14-34(15-5-1)35-26-28-37(29-27-35)51-55-50(36-16-6-2-7-17-36)56-52(57-51)41-22-12-20-39(30-41)40-21-13-23-42(31-40)59-49-44-25-11-10-24-43(44)47-45(32-58-33-46(47)58)48(49)54-53(59)38-18-8-3-9-19-38/h1-31,46,51-52,57H,32-33H2,(H,55,56). The first-order chi connectivity index (χ1) is 29.2. The molecule has 1 fully saturated rings. The number of aromatic nitrogens is 2. The van der Waals surface area contributed by atoms with Gasteiger partial charge in [0.2, 0.25) is 0 Å². The van der Waals surface area contributed by atoms with Gasteiger partial charge in [-0.15, -0.1) is 0 Å². The van der Waals surface area contributed by atoms with Gasteiger partial charge in [-0.2, -0.15) is 0 Å². The predicted octanol–water partition coefficient (Wildman–Crippen LogP) is 11.4. The molecule has 59 heavy (non-hydrogen) atoms. The van der Waals surface area contributed by atoms with Crippen molar-refractivity contribution >= 4 is 27.6 Å². The fourth-order valence-corrected chi connectivity index (χ4v) is 9.35. The highest BCUT2D eigenvalue weighted by Crippen LogP contribution is 2.51. The van der Waals surface area contributed by atoms with Crippen molar-refractivity contribution in [2.75, 3.05) is 6.54 Å². The summed E-state index contributed by atoms with van der Waals surface area (Å²) in [5.41, 5.74) is 15.3. The minimum atomic E-state index is -0.272. The van der Waals surface area contributed by atoms with Crippen molar-refractivity contribution in [3.8, 4) is 39.3 Å². The predicted molar refractivity (Wildman–Crippen MR) is 239 cm³/mol. The van der Waals surface area contributed by atoms with Crippen LogP contribution in [0, 0.1) is 0 Å². The van der Waals surface area contributed by atoms with Crippen molar-refractivity contribution in [2.24, 2.45) is 4.99 Å². The maximum Gasteiger partial charge on any atom is 0.145 e. The Kier molecular flexibility index (Phi) is 7.93. The van der Waals surface area contributed by atoms with E-state index < -0.39 is 0 Å². The van der Waals surface area contributed by atoms with Gasteiger partial charge in [-0.1, -0.05) is 170 Å². The lowest BCUT2D eigenvalue weighted by Gasteiger charge is -2.32. The SMILES string of the molecule is c1ccc(C2=NC(c3cccc(-c4cccc(-n5c(-c6ccccc6)nc6c7c(c8ccccc8c65)C5CN5C7)c4)c3)NC(c3ccc(-c4ccccc4)cc3)N2)cc1. The van der Waals surface area contributed by atoms with Crippen LogP contribution in [-0.2, 0) is 6.54 Å². The van der Waals surface area contributed by atoms with Crippen LogP contribution in [-0.4, -0.2) is 26.8 Å². The van der Waals surface area contributed by atoms with Crippen LogP contribution in [0.25, 0.3) is 61.1 Å². The van der Waals surface area contributed by atoms with E-state index in [0.717, 1.165) is 69.3 Å². The number of fused-ring (bicyclic) bond motifs is 8. The van der Waals surface area contributed by atoms with Crippen molar-refractivity contribution in [2.45, 2.75) is 24.9 Å². The Morgan fingerprint density at radius 2 is 1.15 bits per heavy atom. The lowest BCUT2D eigenvalue weighted by Crippen LogP contribution is -2.44. The van der Waals surface area contributed by atoms with Crippen LogP contribution in [0.4, 0.5) is 0 Å². The lowest BCUT2D eigenvalue weighted by molar-refractivity contribution is 0.409. The summed E-state index contributed by atoms with van der Waals surface area (Å²) < 4.78 is 2.40. The minimum absolute atomic E-state index is 0.144. The van der Waals surface area contributed by atoms with Crippen molar-refractivity contribution in [1.29, 1.82) is 0 Å². The van der Waals surface area contributed by atoms with E-state index in [2.05, 4.69) is 202 Å². The Morgan fingerprint density at radius 1 is 0.525 bits per heavy atom. The number of benzene rings is 8. The fourth-order valence-electron chi connectivity index (χ4n) is 9.35. The van der Waals surface area contributed by atoms with Crippen LogP contribution < -0.4 is 10.6 Å². The van der Waals surface area contributed by atoms with E-state index in [-0.39, 0.29) is 12.3 Å². The molecule has 0 amide bonds. The fraction of sp³-hybridized carbons (Fsp3) is 0.0943. The highest BCUT2D eigenvalue weighted by Gasteiger charge is 2.45. The Bertz CT molecular complexity index is 3060. The molecule has 4 heterocycles. The van der Waals surface area contributed by atoms with E-state index in [4.69, 9.17) is 9.98 Å². The molecule has 6 nitrogen and oxygen atoms in total. The monoisotopic (exact) mass is 760 g/mol. The van der Waals surface area contributed by atoms with Gasteiger partial charge >= 0.3 is 0 Å². The maximum atomic E-state index is 5.51. The third-order valence-electron chi connectivity index (χ3n) is 12.3. The molecule has 3 aliphatic rings. The molecule has 0 bridgehead atoms. The molecule has 4 atom stereocenters. The average Bonchev–Trinajstić information content (AvgIpc) is 3.79. The summed E-state index contributed by atoms with van der Waals surface area (Å²) >= 11 is 0. The smallest absolute Gasteiger partial charge is 0.145 e. The Balaban J connectivity index is 0.949. The first-order valence-electron chi connectivity index (χ1n) is 20.5. The molecule has 0 aliphatic carbocycles. The van der Waals surface area contributed by atoms with Gasteiger partial charge in [0.1, 0.15) is 24.0 Å². The third-order valence-corrected chi connectivity index (χ3v) is 12.3. The summed E-state index contributed by atoms with van der Waals surface area (Å²) in [7, 11) is 0. The molecule has 0 spiro atoms. The van der Waals surface area contributed by atoms with Gasteiger partial charge in [0.15, 0.2) is 0 Å². The molecule has 0 radical (unpaired) electrons. The molecule has 282 valence electrons. The van der Waals surface area contributed by atoms with Crippen LogP contribution in [0.3, 0.4) is 0 Å². The molecule has 2 N–H and O–H groups in total. The highest BCUT2D eigenvalue weighted by atomic mass is 15.3. The van der Waals surface area contributed by atoms with E-state index in [9.17, 15) is 0 Å². The van der Waals surface area contributed by atoms with Gasteiger partial charge in [-0.25, -0.2) is 9.98 Å². The first-order valence-corrected chi connectivity index (χ1v) is 20.5. The van der Waals surface area contributed by atoms with Gasteiger partial charge < -0.3 is 5.32 Å². The quantitative estimate of drug-likeness (QED) is 0.159. The van der Waals surface area contributed by atoms with Crippen molar-refractivity contribution in [1.82, 2.24) is 25.1 Å². The molecule has 8 aromatic carbocycles. The molecule has 6 heteroatoms. The summed E-state index contributed by atoms with van der Waals surface area (Å²) in [5, 5.41) is 10.1. The highest BCUT2D eigenvalue weighted by molar-refractivity contribution is 6.10. The van der Waals surface area contributed by atoms with Crippen LogP contribution in [0.1, 0.15) is 46.2 Å². The molecule has 4 unspecified atom stereocenters. The largest absolute Gasteiger partial charge is 0.350 e. The van der Waals surface area contributed by atoms with Crippen LogP contribution in [0.15, 0.2) is 193 Å². The summed E-state index contributed by atoms with van der Waals surface area (Å²) in [5.74, 6) is 1.83. The maximum absolute atomic E-state index is 5.51. The number of hydrogen-bond donors (Lipinski definition) is 2. The minimum Gasteiger partial charge on any atom is -0.350 e. The number of nitrogens with zero attached hydrogens (tertiary/aromatic N) is 4. The summed E-state index contributed by atoms with van der Waals surface area (Å²) in [6.07, 6.45) is -0.416. The zero-order valence-corrected chi connectivity index (χ0v) is 32.3. The van der Waals surface area contributed by atoms with E-state index >= 15 is 0 Å². The Hall–Kier alpha value is -7.12. The number of rotatable bonds is 7. The number of aliphatic imine (C=N–C) groups is 1. The summed E-state index contributed by atoms with van der Waals surface area (Å²) in [4.78, 5) is 13.3. The second-order valence-electron chi connectivity index (χ2n) is 15.9. The van der Waals surface area contributed by atoms with Crippen LogP contribution in [0.2, 0.25) is 0 Å². The van der Waals surface area contributed by atoms with E-state index in [1.165, 1.54) is 38.5 Å². The molecule has 9 aromatic rings. The van der Waals surface area contributed by atoms with Crippen molar-refractivity contribution in [3.05, 3.63) is 216 Å². The zero-order valence-electron chi connectivity index (χ0n) is 32.3. The summed E-state index contributed by atoms with van der Waals surface area (Å²) in [6, 6.07) is 67.6. The normalized spacial score (nSPS) is 19.2. The van der Waals surface area contributed by atoms with E-state index in [1.807, 2.05) is 6.07 Å². The second kappa shape index (κ2) is 13.8. The van der Waals surface area contributed by atoms with Gasteiger partial charge in [-0.05, 0) is 68.1 Å². The van der Waals surface area contributed by atoms with E-state index in [0.29, 0.717) is 6.04 Å². The molecule has 12 rings (SSSR count). The number of nitrogens with one attached hydrogen (secondary N) is 2. The van der Waals surface area contributed by atoms with Crippen molar-refractivity contribution in [3.63, 3.8) is 0 Å². The third kappa shape index (κ3) is 5.87. The van der Waals surface area contributed by atoms with Crippen LogP contribution in [0.5, 0.6) is 0 Å². The van der Waals surface area contributed by atoms with Gasteiger partial charge in [-0.3, -0.25) is 14.8 Å². The van der Waals surface area contributed by atoms with Gasteiger partial charge in [0.25, 0.3) is 0 Å². The average molecular weight is 761 g/mol. The Morgan fingerprint density at radius 3 is 1.92 bits per heavy atom. The molecule has 0 saturated carbocycles. The van der Waals surface area contributed by atoms with Crippen LogP contribution >= 0.6 is 0 Å². The molecule has 1 saturated heterocycles. The molecular weight excluding hydrogens is 721 g/mol. The number of hydrogen-bond acceptors (Lipinski definition) is 5. The Labute approximate surface area is 343 Å². The second-order valence-corrected chi connectivity index (χ2v) is 15.9. The topological polar surface area (TPSA) is 57.2 Å². The molecule has 1 aromatic heterocycles. The first kappa shape index (κ1) is 34.0. The molecular formula is C53H40N6. The van der Waals surface area contributed by atoms with Gasteiger partial charge in [0, 0.05) is 41.3 Å². The molecule has 3 aliphatic heterocycles. The summed E-state index contributed by atoms with van der Waals surface area (Å²) in [6.45, 7) is 2.10. The number of imidazole rings is 1.